The van der Waals surface area contributed by atoms with Crippen molar-refractivity contribution in [3.8, 4) is 11.1 Å². The molecule has 1 aromatic heterocycles. The van der Waals surface area contributed by atoms with Crippen LogP contribution in [-0.2, 0) is 37.0 Å². The summed E-state index contributed by atoms with van der Waals surface area (Å²) in [6.07, 6.45) is 0.0350. The number of carboxylic acid groups (broad SMARTS) is 1. The molecular weight excluding hydrogens is 620 g/mol. The minimum atomic E-state index is -1.03. The van der Waals surface area contributed by atoms with Gasteiger partial charge in [-0.25, -0.2) is 9.78 Å². The Morgan fingerprint density at radius 2 is 1.70 bits per heavy atom. The van der Waals surface area contributed by atoms with Crippen molar-refractivity contribution >= 4 is 29.6 Å². The second-order valence-corrected chi connectivity index (χ2v) is 12.1. The van der Waals surface area contributed by atoms with Crippen molar-refractivity contribution in [3.05, 3.63) is 119 Å². The summed E-state index contributed by atoms with van der Waals surface area (Å²) in [6.45, 7) is 3.03. The zero-order chi connectivity index (χ0) is 33.3. The number of carboxylic acids is 1. The van der Waals surface area contributed by atoms with Crippen LogP contribution in [0.3, 0.4) is 0 Å². The van der Waals surface area contributed by atoms with Crippen molar-refractivity contribution in [3.63, 3.8) is 0 Å². The van der Waals surface area contributed by atoms with Gasteiger partial charge in [0, 0.05) is 37.4 Å². The summed E-state index contributed by atoms with van der Waals surface area (Å²) in [5, 5.41) is 22.3. The van der Waals surface area contributed by atoms with Gasteiger partial charge in [-0.3, -0.25) is 9.59 Å². The molecule has 1 aliphatic heterocycles. The highest BCUT2D eigenvalue weighted by atomic mass is 32.2. The molecule has 1 saturated heterocycles. The number of benzene rings is 3. The van der Waals surface area contributed by atoms with Gasteiger partial charge < -0.3 is 29.7 Å². The Morgan fingerprint density at radius 1 is 0.957 bits per heavy atom. The molecule has 2 heterocycles. The number of nitrogens with zero attached hydrogens (tertiary/aromatic N) is 1. The van der Waals surface area contributed by atoms with E-state index in [2.05, 4.69) is 10.3 Å². The van der Waals surface area contributed by atoms with E-state index < -0.39 is 24.3 Å². The van der Waals surface area contributed by atoms with Crippen molar-refractivity contribution in [2.45, 2.75) is 63.0 Å². The summed E-state index contributed by atoms with van der Waals surface area (Å²) in [7, 11) is 0. The van der Waals surface area contributed by atoms with Crippen molar-refractivity contribution in [1.29, 1.82) is 0 Å². The monoisotopic (exact) mass is 656 g/mol. The molecule has 11 heteroatoms. The Bertz CT molecular complexity index is 1700. The lowest BCUT2D eigenvalue weighted by Crippen LogP contribution is -2.35. The number of amides is 1. The second kappa shape index (κ2) is 15.8. The lowest BCUT2D eigenvalue weighted by Gasteiger charge is -2.36. The van der Waals surface area contributed by atoms with Gasteiger partial charge in [-0.2, -0.15) is 0 Å². The first-order chi connectivity index (χ1) is 22.7. The number of aromatic nitrogens is 1. The van der Waals surface area contributed by atoms with E-state index in [0.717, 1.165) is 33.4 Å². The van der Waals surface area contributed by atoms with Crippen LogP contribution in [0, 0.1) is 0 Å². The molecule has 1 amide bonds. The number of carbonyl (C=O) groups is 3. The molecule has 0 spiro atoms. The summed E-state index contributed by atoms with van der Waals surface area (Å²) in [5.74, 6) is -1.44. The molecule has 47 heavy (non-hydrogen) atoms. The van der Waals surface area contributed by atoms with Crippen LogP contribution in [0.1, 0.15) is 65.3 Å². The van der Waals surface area contributed by atoms with Gasteiger partial charge in [0.05, 0.1) is 24.4 Å². The van der Waals surface area contributed by atoms with Crippen LogP contribution in [-0.4, -0.2) is 51.0 Å². The number of aromatic carboxylic acids is 1. The average molecular weight is 657 g/mol. The third kappa shape index (κ3) is 9.05. The minimum absolute atomic E-state index is 0.0496. The van der Waals surface area contributed by atoms with E-state index >= 15 is 0 Å². The van der Waals surface area contributed by atoms with Gasteiger partial charge in [0.15, 0.2) is 12.4 Å². The molecule has 0 saturated carbocycles. The van der Waals surface area contributed by atoms with E-state index in [1.54, 1.807) is 12.3 Å². The standard InChI is InChI=1S/C36H36N2O8S/c1-22(44-23(2)40)33(41)38-19-25-5-3-6-29(17-25)26-12-14-28(15-13-26)36-45-30(21-47-34-31(35(42)43)7-4-16-37-34)18-32(46-36)27-10-8-24(20-39)9-11-27/h3-17,22,30,32,36,39H,18-21H2,1-2H3,(H,38,41)(H,42,43)/t22-,30+,32-,36-/m0/s1. The number of esters is 1. The molecule has 4 aromatic rings. The number of ether oxygens (including phenoxy) is 3. The first kappa shape index (κ1) is 33.8. The van der Waals surface area contributed by atoms with E-state index in [1.807, 2.05) is 72.8 Å². The first-order valence-corrected chi connectivity index (χ1v) is 16.1. The Morgan fingerprint density at radius 3 is 2.40 bits per heavy atom. The van der Waals surface area contributed by atoms with Crippen LogP contribution in [0.2, 0.25) is 0 Å². The van der Waals surface area contributed by atoms with E-state index in [0.29, 0.717) is 17.2 Å². The molecule has 1 aliphatic rings. The molecule has 0 unspecified atom stereocenters. The molecule has 3 N–H and O–H groups in total. The third-order valence-electron chi connectivity index (χ3n) is 7.64. The Kier molecular flexibility index (Phi) is 11.4. The fourth-order valence-corrected chi connectivity index (χ4v) is 6.20. The van der Waals surface area contributed by atoms with E-state index in [4.69, 9.17) is 14.2 Å². The van der Waals surface area contributed by atoms with Gasteiger partial charge in [-0.05, 0) is 52.9 Å². The molecule has 10 nitrogen and oxygen atoms in total. The molecule has 1 fully saturated rings. The maximum absolute atomic E-state index is 12.3. The minimum Gasteiger partial charge on any atom is -0.478 e. The maximum atomic E-state index is 12.3. The predicted molar refractivity (Wildman–Crippen MR) is 175 cm³/mol. The van der Waals surface area contributed by atoms with Crippen LogP contribution in [0.25, 0.3) is 11.1 Å². The van der Waals surface area contributed by atoms with Gasteiger partial charge in [-0.15, -0.1) is 11.8 Å². The molecule has 244 valence electrons. The SMILES string of the molecule is CC(=O)O[C@@H](C)C(=O)NCc1cccc(-c2ccc([C@H]3O[C@@H](CSc4ncccc4C(=O)O)C[C@@H](c4ccc(CO)cc4)O3)cc2)c1. The van der Waals surface area contributed by atoms with Crippen molar-refractivity contribution < 1.29 is 38.8 Å². The van der Waals surface area contributed by atoms with E-state index in [1.165, 1.54) is 31.7 Å². The zero-order valence-corrected chi connectivity index (χ0v) is 26.8. The lowest BCUT2D eigenvalue weighted by atomic mass is 9.99. The maximum Gasteiger partial charge on any atom is 0.338 e. The van der Waals surface area contributed by atoms with Crippen molar-refractivity contribution in [2.24, 2.45) is 0 Å². The van der Waals surface area contributed by atoms with E-state index in [9.17, 15) is 24.6 Å². The quantitative estimate of drug-likeness (QED) is 0.126. The zero-order valence-electron chi connectivity index (χ0n) is 26.0. The Labute approximate surface area is 277 Å². The summed E-state index contributed by atoms with van der Waals surface area (Å²) < 4.78 is 17.8. The van der Waals surface area contributed by atoms with Crippen LogP contribution >= 0.6 is 11.8 Å². The molecule has 5 rings (SSSR count). The summed E-state index contributed by atoms with van der Waals surface area (Å²) in [6, 6.07) is 26.5. The van der Waals surface area contributed by atoms with Crippen LogP contribution in [0.15, 0.2) is 96.2 Å². The van der Waals surface area contributed by atoms with Gasteiger partial charge in [0.2, 0.25) is 0 Å². The molecule has 0 aliphatic carbocycles. The first-order valence-electron chi connectivity index (χ1n) is 15.2. The molecule has 3 aromatic carbocycles. The highest BCUT2D eigenvalue weighted by molar-refractivity contribution is 7.99. The lowest BCUT2D eigenvalue weighted by molar-refractivity contribution is -0.245. The third-order valence-corrected chi connectivity index (χ3v) is 8.78. The highest BCUT2D eigenvalue weighted by Crippen LogP contribution is 2.40. The number of pyridine rings is 1. The fraction of sp³-hybridized carbons (Fsp3) is 0.278. The van der Waals surface area contributed by atoms with Gasteiger partial charge in [-0.1, -0.05) is 66.7 Å². The topological polar surface area (TPSA) is 144 Å². The summed E-state index contributed by atoms with van der Waals surface area (Å²) >= 11 is 1.34. The molecular formula is C36H36N2O8S. The van der Waals surface area contributed by atoms with Crippen molar-refractivity contribution in [2.75, 3.05) is 5.75 Å². The largest absolute Gasteiger partial charge is 0.478 e. The molecule has 0 bridgehead atoms. The fourth-order valence-electron chi connectivity index (χ4n) is 5.19. The number of carbonyl (C=O) groups excluding carboxylic acids is 2. The van der Waals surface area contributed by atoms with Crippen LogP contribution < -0.4 is 5.32 Å². The smallest absolute Gasteiger partial charge is 0.338 e. The Hall–Kier alpha value is -4.55. The number of aliphatic hydroxyl groups excluding tert-OH is 1. The number of aliphatic hydroxyl groups is 1. The van der Waals surface area contributed by atoms with Crippen LogP contribution in [0.5, 0.6) is 0 Å². The number of hydrogen-bond acceptors (Lipinski definition) is 9. The Balaban J connectivity index is 1.30. The average Bonchev–Trinajstić information content (AvgIpc) is 3.09. The number of nitrogens with one attached hydrogen (secondary N) is 1. The van der Waals surface area contributed by atoms with Crippen LogP contribution in [0.4, 0.5) is 0 Å². The van der Waals surface area contributed by atoms with Gasteiger partial charge >= 0.3 is 11.9 Å². The molecule has 4 atom stereocenters. The van der Waals surface area contributed by atoms with Gasteiger partial charge in [0.25, 0.3) is 5.91 Å². The number of thioether (sulfide) groups is 1. The number of hydrogen-bond donors (Lipinski definition) is 3. The van der Waals surface area contributed by atoms with E-state index in [-0.39, 0.29) is 36.8 Å². The molecule has 0 radical (unpaired) electrons. The highest BCUT2D eigenvalue weighted by Gasteiger charge is 2.32. The van der Waals surface area contributed by atoms with Gasteiger partial charge in [0.1, 0.15) is 5.03 Å². The van der Waals surface area contributed by atoms with Crippen molar-refractivity contribution in [1.82, 2.24) is 10.3 Å². The number of rotatable bonds is 12. The second-order valence-electron chi connectivity index (χ2n) is 11.1. The normalized spacial score (nSPS) is 18.2. The predicted octanol–water partition coefficient (Wildman–Crippen LogP) is 5.84. The summed E-state index contributed by atoms with van der Waals surface area (Å²) in [5.41, 5.74) is 5.55. The summed E-state index contributed by atoms with van der Waals surface area (Å²) in [4.78, 5) is 39.4.